The van der Waals surface area contributed by atoms with E-state index in [1.165, 1.54) is 0 Å². The van der Waals surface area contributed by atoms with Crippen molar-refractivity contribution in [2.45, 2.75) is 18.9 Å². The minimum Gasteiger partial charge on any atom is -0.388 e. The van der Waals surface area contributed by atoms with Gasteiger partial charge >= 0.3 is 0 Å². The predicted molar refractivity (Wildman–Crippen MR) is 74.1 cm³/mol. The summed E-state index contributed by atoms with van der Waals surface area (Å²) in [6.45, 7) is 1.95. The van der Waals surface area contributed by atoms with Crippen LogP contribution in [0.4, 0.5) is 0 Å². The van der Waals surface area contributed by atoms with E-state index in [0.29, 0.717) is 15.6 Å². The predicted octanol–water partition coefficient (Wildman–Crippen LogP) is 4.23. The molecule has 2 atom stereocenters. The molecule has 0 bridgehead atoms. The highest BCUT2D eigenvalue weighted by Crippen LogP contribution is 2.34. The van der Waals surface area contributed by atoms with Crippen LogP contribution in [-0.4, -0.2) is 10.1 Å². The number of nitrogens with zero attached hydrogens (tertiary/aromatic N) is 1. The molecule has 0 aliphatic heterocycles. The van der Waals surface area contributed by atoms with Crippen LogP contribution in [0.5, 0.6) is 0 Å². The molecular formula is C14H13Cl2NO. The second kappa shape index (κ2) is 5.70. The molecule has 94 valence electrons. The van der Waals surface area contributed by atoms with Gasteiger partial charge in [0.15, 0.2) is 0 Å². The van der Waals surface area contributed by atoms with Gasteiger partial charge in [0.05, 0.1) is 6.10 Å². The SMILES string of the molecule is CC(c1ccncc1)C(O)c1ccc(Cl)cc1Cl. The van der Waals surface area contributed by atoms with Crippen molar-refractivity contribution in [2.24, 2.45) is 0 Å². The zero-order chi connectivity index (χ0) is 13.1. The van der Waals surface area contributed by atoms with Gasteiger partial charge in [0, 0.05) is 28.4 Å². The molecule has 0 fully saturated rings. The first-order valence-corrected chi connectivity index (χ1v) is 6.38. The van der Waals surface area contributed by atoms with Crippen molar-refractivity contribution in [1.29, 1.82) is 0 Å². The Kier molecular flexibility index (Phi) is 4.23. The highest BCUT2D eigenvalue weighted by molar-refractivity contribution is 6.35. The third kappa shape index (κ3) is 2.83. The molecule has 18 heavy (non-hydrogen) atoms. The van der Waals surface area contributed by atoms with E-state index in [4.69, 9.17) is 23.2 Å². The summed E-state index contributed by atoms with van der Waals surface area (Å²) in [6, 6.07) is 8.90. The van der Waals surface area contributed by atoms with E-state index in [0.717, 1.165) is 5.56 Å². The molecule has 0 saturated heterocycles. The summed E-state index contributed by atoms with van der Waals surface area (Å²) in [5, 5.41) is 11.4. The maximum absolute atomic E-state index is 10.4. The highest BCUT2D eigenvalue weighted by atomic mass is 35.5. The Morgan fingerprint density at radius 2 is 1.78 bits per heavy atom. The number of aromatic nitrogens is 1. The van der Waals surface area contributed by atoms with Crippen LogP contribution in [0, 0.1) is 0 Å². The molecule has 2 nitrogen and oxygen atoms in total. The first kappa shape index (κ1) is 13.3. The largest absolute Gasteiger partial charge is 0.388 e. The molecule has 0 aliphatic carbocycles. The van der Waals surface area contributed by atoms with Crippen molar-refractivity contribution in [3.63, 3.8) is 0 Å². The van der Waals surface area contributed by atoms with Crippen LogP contribution in [0.15, 0.2) is 42.7 Å². The maximum atomic E-state index is 10.4. The third-order valence-corrected chi connectivity index (χ3v) is 3.55. The van der Waals surface area contributed by atoms with Crippen molar-refractivity contribution in [2.75, 3.05) is 0 Å². The van der Waals surface area contributed by atoms with Gasteiger partial charge in [-0.3, -0.25) is 4.98 Å². The molecular weight excluding hydrogens is 269 g/mol. The fraction of sp³-hybridized carbons (Fsp3) is 0.214. The molecule has 1 aromatic carbocycles. The van der Waals surface area contributed by atoms with Crippen molar-refractivity contribution < 1.29 is 5.11 Å². The fourth-order valence-electron chi connectivity index (χ4n) is 1.86. The molecule has 2 rings (SSSR count). The van der Waals surface area contributed by atoms with E-state index in [2.05, 4.69) is 4.98 Å². The van der Waals surface area contributed by atoms with E-state index in [1.54, 1.807) is 30.6 Å². The molecule has 0 saturated carbocycles. The Balaban J connectivity index is 2.28. The van der Waals surface area contributed by atoms with Crippen LogP contribution in [0.2, 0.25) is 10.0 Å². The second-order valence-corrected chi connectivity index (χ2v) is 5.02. The number of hydrogen-bond donors (Lipinski definition) is 1. The average molecular weight is 282 g/mol. The molecule has 0 aliphatic rings. The highest BCUT2D eigenvalue weighted by Gasteiger charge is 2.20. The summed E-state index contributed by atoms with van der Waals surface area (Å²) in [6.07, 6.45) is 2.75. The maximum Gasteiger partial charge on any atom is 0.0870 e. The van der Waals surface area contributed by atoms with Crippen LogP contribution >= 0.6 is 23.2 Å². The number of aliphatic hydroxyl groups is 1. The normalized spacial score (nSPS) is 14.2. The van der Waals surface area contributed by atoms with E-state index in [1.807, 2.05) is 19.1 Å². The smallest absolute Gasteiger partial charge is 0.0870 e. The van der Waals surface area contributed by atoms with Gasteiger partial charge in [0.1, 0.15) is 0 Å². The molecule has 1 heterocycles. The lowest BCUT2D eigenvalue weighted by molar-refractivity contribution is 0.151. The molecule has 2 aromatic rings. The van der Waals surface area contributed by atoms with Gasteiger partial charge in [-0.15, -0.1) is 0 Å². The third-order valence-electron chi connectivity index (χ3n) is 2.99. The first-order chi connectivity index (χ1) is 8.59. The zero-order valence-electron chi connectivity index (χ0n) is 9.85. The lowest BCUT2D eigenvalue weighted by Crippen LogP contribution is -2.08. The Hall–Kier alpha value is -1.09. The number of benzene rings is 1. The number of pyridine rings is 1. The molecule has 1 aromatic heterocycles. The monoisotopic (exact) mass is 281 g/mol. The van der Waals surface area contributed by atoms with Gasteiger partial charge in [0.2, 0.25) is 0 Å². The van der Waals surface area contributed by atoms with Crippen LogP contribution in [0.1, 0.15) is 30.1 Å². The van der Waals surface area contributed by atoms with E-state index in [-0.39, 0.29) is 5.92 Å². The Morgan fingerprint density at radius 3 is 2.39 bits per heavy atom. The van der Waals surface area contributed by atoms with Crippen LogP contribution in [0.25, 0.3) is 0 Å². The van der Waals surface area contributed by atoms with Gasteiger partial charge in [-0.25, -0.2) is 0 Å². The summed E-state index contributed by atoms with van der Waals surface area (Å²) >= 11 is 11.9. The average Bonchev–Trinajstić information content (AvgIpc) is 2.38. The van der Waals surface area contributed by atoms with Gasteiger partial charge in [-0.1, -0.05) is 36.2 Å². The zero-order valence-corrected chi connectivity index (χ0v) is 11.4. The van der Waals surface area contributed by atoms with Crippen molar-refractivity contribution in [1.82, 2.24) is 4.98 Å². The minimum absolute atomic E-state index is 0.0633. The molecule has 0 radical (unpaired) electrons. The topological polar surface area (TPSA) is 33.1 Å². The quantitative estimate of drug-likeness (QED) is 0.914. The van der Waals surface area contributed by atoms with Crippen LogP contribution in [0.3, 0.4) is 0 Å². The minimum atomic E-state index is -0.669. The second-order valence-electron chi connectivity index (χ2n) is 4.18. The first-order valence-electron chi connectivity index (χ1n) is 5.62. The van der Waals surface area contributed by atoms with Gasteiger partial charge in [0.25, 0.3) is 0 Å². The lowest BCUT2D eigenvalue weighted by Gasteiger charge is -2.20. The number of halogens is 2. The number of rotatable bonds is 3. The molecule has 2 unspecified atom stereocenters. The van der Waals surface area contributed by atoms with Crippen molar-refractivity contribution in [3.8, 4) is 0 Å². The molecule has 4 heteroatoms. The fourth-order valence-corrected chi connectivity index (χ4v) is 2.38. The summed E-state index contributed by atoms with van der Waals surface area (Å²) in [5.41, 5.74) is 1.70. The Morgan fingerprint density at radius 1 is 1.11 bits per heavy atom. The number of aliphatic hydroxyl groups excluding tert-OH is 1. The molecule has 0 spiro atoms. The van der Waals surface area contributed by atoms with Crippen LogP contribution in [-0.2, 0) is 0 Å². The van der Waals surface area contributed by atoms with E-state index in [9.17, 15) is 5.11 Å². The lowest BCUT2D eigenvalue weighted by atomic mass is 9.91. The van der Waals surface area contributed by atoms with Crippen molar-refractivity contribution in [3.05, 3.63) is 63.9 Å². The summed E-state index contributed by atoms with van der Waals surface area (Å²) in [5.74, 6) is -0.0633. The standard InChI is InChI=1S/C14H13Cl2NO/c1-9(10-4-6-17-7-5-10)14(18)12-3-2-11(15)8-13(12)16/h2-9,14,18H,1H3. The Bertz CT molecular complexity index is 531. The summed E-state index contributed by atoms with van der Waals surface area (Å²) in [7, 11) is 0. The van der Waals surface area contributed by atoms with Crippen LogP contribution < -0.4 is 0 Å². The van der Waals surface area contributed by atoms with Crippen molar-refractivity contribution >= 4 is 23.2 Å². The van der Waals surface area contributed by atoms with Gasteiger partial charge in [-0.2, -0.15) is 0 Å². The summed E-state index contributed by atoms with van der Waals surface area (Å²) in [4.78, 5) is 3.96. The van der Waals surface area contributed by atoms with Gasteiger partial charge in [-0.05, 0) is 35.4 Å². The Labute approximate surface area is 116 Å². The number of hydrogen-bond acceptors (Lipinski definition) is 2. The van der Waals surface area contributed by atoms with E-state index < -0.39 is 6.10 Å². The molecule has 1 N–H and O–H groups in total. The summed E-state index contributed by atoms with van der Waals surface area (Å²) < 4.78 is 0. The molecule has 0 amide bonds. The van der Waals surface area contributed by atoms with E-state index >= 15 is 0 Å². The van der Waals surface area contributed by atoms with Gasteiger partial charge < -0.3 is 5.11 Å².